The van der Waals surface area contributed by atoms with Gasteiger partial charge in [-0.15, -0.1) is 0 Å². The Hall–Kier alpha value is -3.39. The second-order valence-electron chi connectivity index (χ2n) is 6.35. The maximum Gasteiger partial charge on any atom is 0.269 e. The zero-order chi connectivity index (χ0) is 21.8. The second-order valence-corrected chi connectivity index (χ2v) is 6.35. The minimum Gasteiger partial charge on any atom is -0.491 e. The zero-order valence-electron chi connectivity index (χ0n) is 17.2. The molecule has 2 aromatic rings. The first kappa shape index (κ1) is 22.9. The van der Waals surface area contributed by atoms with Gasteiger partial charge in [0.25, 0.3) is 11.8 Å². The number of hydrogen-bond acceptors (Lipinski definition) is 5. The largest absolute Gasteiger partial charge is 0.491 e. The van der Waals surface area contributed by atoms with Crippen molar-refractivity contribution in [1.82, 2.24) is 10.9 Å². The highest BCUT2D eigenvalue weighted by molar-refractivity contribution is 5.99. The van der Waals surface area contributed by atoms with Gasteiger partial charge in [0.15, 0.2) is 0 Å². The van der Waals surface area contributed by atoms with Crippen LogP contribution < -0.4 is 20.9 Å². The van der Waals surface area contributed by atoms with Crippen LogP contribution in [0.3, 0.4) is 0 Å². The Labute approximate surface area is 175 Å². The third-order valence-electron chi connectivity index (χ3n) is 4.01. The molecule has 0 saturated heterocycles. The molecule has 0 spiro atoms. The minimum atomic E-state index is -0.467. The van der Waals surface area contributed by atoms with Crippen molar-refractivity contribution in [3.8, 4) is 5.75 Å². The second kappa shape index (κ2) is 12.2. The number of benzene rings is 2. The molecule has 8 heteroatoms. The van der Waals surface area contributed by atoms with Gasteiger partial charge < -0.3 is 14.8 Å². The van der Waals surface area contributed by atoms with Crippen molar-refractivity contribution < 1.29 is 23.9 Å². The first-order valence-electron chi connectivity index (χ1n) is 9.84. The van der Waals surface area contributed by atoms with Gasteiger partial charge in [-0.25, -0.2) is 0 Å². The number of anilines is 1. The van der Waals surface area contributed by atoms with Gasteiger partial charge in [-0.1, -0.05) is 6.92 Å². The number of nitrogens with one attached hydrogen (secondary N) is 3. The fraction of sp³-hybridized carbons (Fsp3) is 0.318. The first-order valence-corrected chi connectivity index (χ1v) is 9.84. The lowest BCUT2D eigenvalue weighted by Gasteiger charge is -2.10. The van der Waals surface area contributed by atoms with Gasteiger partial charge in [0.2, 0.25) is 5.91 Å². The van der Waals surface area contributed by atoms with E-state index in [1.54, 1.807) is 48.5 Å². The van der Waals surface area contributed by atoms with E-state index in [0.717, 1.165) is 6.42 Å². The lowest BCUT2D eigenvalue weighted by Crippen LogP contribution is -2.41. The molecule has 3 amide bonds. The summed E-state index contributed by atoms with van der Waals surface area (Å²) in [5.74, 6) is -0.368. The highest BCUT2D eigenvalue weighted by Gasteiger charge is 2.10. The quantitative estimate of drug-likeness (QED) is 0.410. The van der Waals surface area contributed by atoms with Crippen molar-refractivity contribution in [3.05, 3.63) is 59.7 Å². The average Bonchev–Trinajstić information content (AvgIpc) is 2.76. The van der Waals surface area contributed by atoms with Crippen molar-refractivity contribution >= 4 is 23.4 Å². The molecule has 0 atom stereocenters. The van der Waals surface area contributed by atoms with Crippen LogP contribution in [-0.2, 0) is 9.53 Å². The van der Waals surface area contributed by atoms with Crippen LogP contribution in [0.4, 0.5) is 5.69 Å². The zero-order valence-corrected chi connectivity index (χ0v) is 17.2. The molecule has 0 aliphatic heterocycles. The first-order chi connectivity index (χ1) is 14.5. The lowest BCUT2D eigenvalue weighted by atomic mass is 10.2. The predicted octanol–water partition coefficient (Wildman–Crippen LogP) is 2.92. The van der Waals surface area contributed by atoms with Crippen molar-refractivity contribution in [1.29, 1.82) is 0 Å². The number of hydrogen-bond donors (Lipinski definition) is 3. The van der Waals surface area contributed by atoms with Gasteiger partial charge in [-0.05, 0) is 61.9 Å². The van der Waals surface area contributed by atoms with Crippen LogP contribution in [0.5, 0.6) is 5.75 Å². The smallest absolute Gasteiger partial charge is 0.269 e. The standard InChI is InChI=1S/C22H27N3O5/c1-3-5-20(26)23-18-10-6-16(7-11-18)21(27)24-25-22(28)17-8-12-19(13-9-17)30-15-14-29-4-2/h6-13H,3-5,14-15H2,1-2H3,(H,23,26)(H,24,27)(H,25,28). The van der Waals surface area contributed by atoms with Gasteiger partial charge in [0, 0.05) is 29.8 Å². The topological polar surface area (TPSA) is 106 Å². The molecule has 0 unspecified atom stereocenters. The molecular weight excluding hydrogens is 386 g/mol. The van der Waals surface area contributed by atoms with Gasteiger partial charge in [0.05, 0.1) is 6.61 Å². The molecule has 0 bridgehead atoms. The molecule has 160 valence electrons. The summed E-state index contributed by atoms with van der Waals surface area (Å²) in [4.78, 5) is 36.0. The number of ether oxygens (including phenoxy) is 2. The lowest BCUT2D eigenvalue weighted by molar-refractivity contribution is -0.116. The molecule has 0 fully saturated rings. The Kier molecular flexibility index (Phi) is 9.33. The van der Waals surface area contributed by atoms with Crippen molar-refractivity contribution in [2.75, 3.05) is 25.1 Å². The highest BCUT2D eigenvalue weighted by Crippen LogP contribution is 2.12. The fourth-order valence-corrected chi connectivity index (χ4v) is 2.48. The summed E-state index contributed by atoms with van der Waals surface area (Å²) in [6.45, 7) is 5.39. The molecule has 0 aliphatic carbocycles. The Bertz CT molecular complexity index is 835. The molecule has 0 radical (unpaired) electrons. The Morgan fingerprint density at radius 1 is 0.800 bits per heavy atom. The number of carbonyl (C=O) groups excluding carboxylic acids is 3. The van der Waals surface area contributed by atoms with Crippen LogP contribution in [-0.4, -0.2) is 37.5 Å². The van der Waals surface area contributed by atoms with E-state index in [2.05, 4.69) is 16.2 Å². The minimum absolute atomic E-state index is 0.0762. The summed E-state index contributed by atoms with van der Waals surface area (Å²) in [6.07, 6.45) is 1.20. The molecule has 0 aromatic heterocycles. The third kappa shape index (κ3) is 7.56. The molecule has 2 aromatic carbocycles. The molecule has 3 N–H and O–H groups in total. The number of hydrazine groups is 1. The van der Waals surface area contributed by atoms with E-state index in [1.807, 2.05) is 13.8 Å². The maximum atomic E-state index is 12.2. The van der Waals surface area contributed by atoms with Crippen LogP contribution >= 0.6 is 0 Å². The van der Waals surface area contributed by atoms with E-state index in [9.17, 15) is 14.4 Å². The molecule has 8 nitrogen and oxygen atoms in total. The molecule has 0 aliphatic rings. The van der Waals surface area contributed by atoms with Crippen LogP contribution in [0.2, 0.25) is 0 Å². The molecule has 0 saturated carbocycles. The summed E-state index contributed by atoms with van der Waals surface area (Å²) < 4.78 is 10.7. The van der Waals surface area contributed by atoms with Crippen LogP contribution in [0, 0.1) is 0 Å². The Morgan fingerprint density at radius 3 is 1.90 bits per heavy atom. The summed E-state index contributed by atoms with van der Waals surface area (Å²) in [5, 5.41) is 2.75. The summed E-state index contributed by atoms with van der Waals surface area (Å²) >= 11 is 0. The third-order valence-corrected chi connectivity index (χ3v) is 4.01. The van der Waals surface area contributed by atoms with Crippen molar-refractivity contribution in [3.63, 3.8) is 0 Å². The molecular formula is C22H27N3O5. The number of carbonyl (C=O) groups is 3. The van der Waals surface area contributed by atoms with Gasteiger partial charge >= 0.3 is 0 Å². The maximum absolute atomic E-state index is 12.2. The highest BCUT2D eigenvalue weighted by atomic mass is 16.5. The SMILES string of the molecule is CCCC(=O)Nc1ccc(C(=O)NNC(=O)c2ccc(OCCOCC)cc2)cc1. The average molecular weight is 413 g/mol. The van der Waals surface area contributed by atoms with E-state index in [4.69, 9.17) is 9.47 Å². The van der Waals surface area contributed by atoms with E-state index < -0.39 is 11.8 Å². The predicted molar refractivity (Wildman–Crippen MR) is 113 cm³/mol. The normalized spacial score (nSPS) is 10.2. The van der Waals surface area contributed by atoms with Gasteiger partial charge in [0.1, 0.15) is 12.4 Å². The fourth-order valence-electron chi connectivity index (χ4n) is 2.48. The van der Waals surface area contributed by atoms with Crippen LogP contribution in [0.25, 0.3) is 0 Å². The van der Waals surface area contributed by atoms with Gasteiger partial charge in [-0.2, -0.15) is 0 Å². The summed E-state index contributed by atoms with van der Waals surface area (Å²) in [6, 6.07) is 13.0. The van der Waals surface area contributed by atoms with Crippen LogP contribution in [0.1, 0.15) is 47.4 Å². The molecule has 0 heterocycles. The molecule has 30 heavy (non-hydrogen) atoms. The van der Waals surface area contributed by atoms with Gasteiger partial charge in [-0.3, -0.25) is 25.2 Å². The Balaban J connectivity index is 1.81. The van der Waals surface area contributed by atoms with Crippen LogP contribution in [0.15, 0.2) is 48.5 Å². The van der Waals surface area contributed by atoms with Crippen molar-refractivity contribution in [2.45, 2.75) is 26.7 Å². The Morgan fingerprint density at radius 2 is 1.37 bits per heavy atom. The summed E-state index contributed by atoms with van der Waals surface area (Å²) in [7, 11) is 0. The monoisotopic (exact) mass is 413 g/mol. The van der Waals surface area contributed by atoms with E-state index in [0.29, 0.717) is 48.8 Å². The van der Waals surface area contributed by atoms with E-state index in [1.165, 1.54) is 0 Å². The number of rotatable bonds is 10. The van der Waals surface area contributed by atoms with Crippen molar-refractivity contribution in [2.24, 2.45) is 0 Å². The molecule has 2 rings (SSSR count). The number of amides is 3. The van der Waals surface area contributed by atoms with E-state index >= 15 is 0 Å². The van der Waals surface area contributed by atoms with E-state index in [-0.39, 0.29) is 5.91 Å². The summed E-state index contributed by atoms with van der Waals surface area (Å²) in [5.41, 5.74) is 6.07.